The van der Waals surface area contributed by atoms with E-state index in [4.69, 9.17) is 18.7 Å². The van der Waals surface area contributed by atoms with E-state index in [0.29, 0.717) is 11.1 Å². The predicted molar refractivity (Wildman–Crippen MR) is 205 cm³/mol. The second-order valence-electron chi connectivity index (χ2n) is 10.9. The van der Waals surface area contributed by atoms with Gasteiger partial charge in [0.15, 0.2) is 17.5 Å². The third-order valence-electron chi connectivity index (χ3n) is 7.83. The van der Waals surface area contributed by atoms with E-state index >= 15 is 0 Å². The minimum Gasteiger partial charge on any atom is -0.208 e. The van der Waals surface area contributed by atoms with Crippen LogP contribution >= 0.6 is 11.3 Å². The first kappa shape index (κ1) is 17.3. The van der Waals surface area contributed by atoms with Gasteiger partial charge in [0.25, 0.3) is 0 Å². The van der Waals surface area contributed by atoms with Gasteiger partial charge in [0.1, 0.15) is 0 Å². The first-order chi connectivity index (χ1) is 30.5. The van der Waals surface area contributed by atoms with Crippen LogP contribution in [0.1, 0.15) is 20.6 Å². The highest BCUT2D eigenvalue weighted by molar-refractivity contribution is 7.26. The van der Waals surface area contributed by atoms with Crippen molar-refractivity contribution in [1.29, 1.82) is 0 Å². The molecule has 4 heteroatoms. The Hall–Kier alpha value is -6.23. The maximum atomic E-state index is 9.49. The van der Waals surface area contributed by atoms with Gasteiger partial charge in [0.05, 0.1) is 20.6 Å². The minimum atomic E-state index is -0.797. The van der Waals surface area contributed by atoms with E-state index in [0.717, 1.165) is 22.5 Å². The van der Waals surface area contributed by atoms with Gasteiger partial charge in [-0.2, -0.15) is 0 Å². The zero-order chi connectivity index (χ0) is 45.6. The van der Waals surface area contributed by atoms with Crippen molar-refractivity contribution in [3.63, 3.8) is 0 Å². The maximum Gasteiger partial charge on any atom is 0.164 e. The van der Waals surface area contributed by atoms with Gasteiger partial charge in [0, 0.05) is 36.9 Å². The number of nitrogens with zero attached hydrogens (tertiary/aromatic N) is 3. The number of hydrogen-bond acceptors (Lipinski definition) is 4. The third-order valence-corrected chi connectivity index (χ3v) is 8.95. The van der Waals surface area contributed by atoms with Crippen LogP contribution in [0.4, 0.5) is 0 Å². The molecular weight excluding hydrogens is 615 g/mol. The summed E-state index contributed by atoms with van der Waals surface area (Å²) in [4.78, 5) is 14.0. The lowest BCUT2D eigenvalue weighted by molar-refractivity contribution is 1.07. The summed E-state index contributed by atoms with van der Waals surface area (Å²) in [7, 11) is 0. The summed E-state index contributed by atoms with van der Waals surface area (Å²) in [5.74, 6) is 0.169. The molecule has 0 bridgehead atoms. The molecule has 0 radical (unpaired) electrons. The van der Waals surface area contributed by atoms with Gasteiger partial charge >= 0.3 is 0 Å². The Bertz CT molecular complexity index is 3410. The molecule has 3 nitrogen and oxygen atoms in total. The first-order valence-electron chi connectivity index (χ1n) is 22.6. The van der Waals surface area contributed by atoms with Crippen molar-refractivity contribution in [3.8, 4) is 67.5 Å². The fourth-order valence-electron chi connectivity index (χ4n) is 5.42. The molecule has 2 heterocycles. The van der Waals surface area contributed by atoms with Crippen LogP contribution in [0.2, 0.25) is 0 Å². The van der Waals surface area contributed by atoms with Gasteiger partial charge in [0.2, 0.25) is 0 Å². The SMILES string of the molecule is [2H]c1c([2H])c(-c2c([2H])c([2H])c(-c3nc(-c4ccccc4)nc(-c4ccc(-c5ccccc5)cc4)n3)c([2H])c2[2H])c([2H])c(-c2c([2H])c([2H])c([2H])c3c2sc2c([2H])c([2H])c([2H])c([2H])c23)c1[2H]. The summed E-state index contributed by atoms with van der Waals surface area (Å²) < 4.78 is 134. The van der Waals surface area contributed by atoms with Gasteiger partial charge in [-0.15, -0.1) is 11.3 Å². The van der Waals surface area contributed by atoms with Crippen LogP contribution in [-0.2, 0) is 0 Å². The van der Waals surface area contributed by atoms with Gasteiger partial charge in [-0.1, -0.05) is 163 Å². The lowest BCUT2D eigenvalue weighted by Crippen LogP contribution is -2.00. The summed E-state index contributed by atoms with van der Waals surface area (Å²) in [6.45, 7) is 0. The lowest BCUT2D eigenvalue weighted by Gasteiger charge is -2.10. The second kappa shape index (κ2) is 12.4. The second-order valence-corrected chi connectivity index (χ2v) is 11.9. The summed E-state index contributed by atoms with van der Waals surface area (Å²) in [5, 5.41) is -0.222. The zero-order valence-corrected chi connectivity index (χ0v) is 26.1. The molecule has 0 aliphatic carbocycles. The topological polar surface area (TPSA) is 38.7 Å². The highest BCUT2D eigenvalue weighted by Crippen LogP contribution is 2.40. The monoisotopic (exact) mass is 658 g/mol. The van der Waals surface area contributed by atoms with E-state index in [2.05, 4.69) is 9.97 Å². The standard InChI is InChI=1S/C45H29N3S/c1-3-11-30(12-4-1)31-21-25-34(26-22-31)44-46-43(33-13-5-2-6-14-33)47-45(48-44)35-27-23-32(24-28-35)36-15-9-16-37(29-36)38-18-10-19-40-39-17-7-8-20-41(39)49-42(38)40/h1-29H/i7D,8D,9D,10D,15D,16D,17D,18D,19D,20D,23D,24D,27D,28D,29D. The van der Waals surface area contributed by atoms with Crippen LogP contribution < -0.4 is 0 Å². The molecule has 0 aliphatic rings. The molecule has 0 amide bonds. The van der Waals surface area contributed by atoms with Crippen molar-refractivity contribution in [2.75, 3.05) is 0 Å². The Morgan fingerprint density at radius 1 is 0.388 bits per heavy atom. The van der Waals surface area contributed by atoms with Crippen LogP contribution in [0, 0.1) is 0 Å². The largest absolute Gasteiger partial charge is 0.208 e. The van der Waals surface area contributed by atoms with Gasteiger partial charge < -0.3 is 0 Å². The molecule has 0 spiro atoms. The fourth-order valence-corrected chi connectivity index (χ4v) is 6.49. The predicted octanol–water partition coefficient (Wildman–Crippen LogP) is 12.2. The van der Waals surface area contributed by atoms with Crippen molar-refractivity contribution in [1.82, 2.24) is 15.0 Å². The van der Waals surface area contributed by atoms with Crippen LogP contribution in [-0.4, -0.2) is 15.0 Å². The van der Waals surface area contributed by atoms with E-state index in [9.17, 15) is 6.85 Å². The van der Waals surface area contributed by atoms with E-state index < -0.39 is 107 Å². The normalized spacial score (nSPS) is 15.6. The minimum absolute atomic E-state index is 0.00136. The van der Waals surface area contributed by atoms with Crippen LogP contribution in [0.25, 0.3) is 87.7 Å². The number of benzene rings is 7. The molecule has 0 saturated heterocycles. The van der Waals surface area contributed by atoms with Crippen molar-refractivity contribution >= 4 is 31.5 Å². The molecule has 0 atom stereocenters. The molecule has 0 aliphatic heterocycles. The molecule has 2 aromatic heterocycles. The summed E-state index contributed by atoms with van der Waals surface area (Å²) in [5.41, 5.74) is 0.828. The average molecular weight is 659 g/mol. The molecule has 0 fully saturated rings. The smallest absolute Gasteiger partial charge is 0.164 e. The van der Waals surface area contributed by atoms with Crippen molar-refractivity contribution in [2.24, 2.45) is 0 Å². The van der Waals surface area contributed by atoms with Crippen LogP contribution in [0.5, 0.6) is 0 Å². The third kappa shape index (κ3) is 5.58. The van der Waals surface area contributed by atoms with E-state index in [1.807, 2.05) is 60.7 Å². The van der Waals surface area contributed by atoms with Crippen LogP contribution in [0.3, 0.4) is 0 Å². The Morgan fingerprint density at radius 2 is 0.918 bits per heavy atom. The molecular formula is C45H29N3S. The summed E-state index contributed by atoms with van der Waals surface area (Å²) in [6.07, 6.45) is 0. The maximum absolute atomic E-state index is 9.49. The van der Waals surface area contributed by atoms with Crippen molar-refractivity contribution in [3.05, 3.63) is 176 Å². The van der Waals surface area contributed by atoms with E-state index in [-0.39, 0.29) is 48.8 Å². The van der Waals surface area contributed by atoms with Gasteiger partial charge in [-0.25, -0.2) is 15.0 Å². The molecule has 7 aromatic carbocycles. The Kier molecular flexibility index (Phi) is 4.37. The van der Waals surface area contributed by atoms with Crippen molar-refractivity contribution in [2.45, 2.75) is 0 Å². The molecule has 9 rings (SSSR count). The Labute approximate surface area is 310 Å². The number of rotatable bonds is 6. The zero-order valence-electron chi connectivity index (χ0n) is 40.3. The molecule has 0 N–H and O–H groups in total. The molecule has 0 saturated carbocycles. The molecule has 230 valence electrons. The number of hydrogen-bond donors (Lipinski definition) is 0. The Morgan fingerprint density at radius 3 is 1.65 bits per heavy atom. The van der Waals surface area contributed by atoms with E-state index in [1.165, 1.54) is 0 Å². The molecule has 0 unspecified atom stereocenters. The number of aromatic nitrogens is 3. The molecule has 49 heavy (non-hydrogen) atoms. The van der Waals surface area contributed by atoms with Crippen LogP contribution in [0.15, 0.2) is 176 Å². The lowest BCUT2D eigenvalue weighted by atomic mass is 9.97. The van der Waals surface area contributed by atoms with Crippen molar-refractivity contribution < 1.29 is 20.6 Å². The summed E-state index contributed by atoms with van der Waals surface area (Å²) in [6, 6.07) is 16.3. The van der Waals surface area contributed by atoms with Gasteiger partial charge in [-0.3, -0.25) is 0 Å². The summed E-state index contributed by atoms with van der Waals surface area (Å²) >= 11 is 0.760. The highest BCUT2D eigenvalue weighted by Gasteiger charge is 2.14. The first-order valence-corrected chi connectivity index (χ1v) is 16.0. The molecule has 9 aromatic rings. The van der Waals surface area contributed by atoms with E-state index in [1.54, 1.807) is 24.3 Å². The average Bonchev–Trinajstić information content (AvgIpc) is 3.71. The fraction of sp³-hybridized carbons (Fsp3) is 0. The highest BCUT2D eigenvalue weighted by atomic mass is 32.1. The quantitative estimate of drug-likeness (QED) is 0.178. The van der Waals surface area contributed by atoms with Gasteiger partial charge in [-0.05, 0) is 45.5 Å². The number of thiophene rings is 1. The Balaban J connectivity index is 1.27. The number of fused-ring (bicyclic) bond motifs is 3.